The number of carbonyl (C=O) groups is 1. The highest BCUT2D eigenvalue weighted by atomic mass is 32.1. The van der Waals surface area contributed by atoms with E-state index in [0.717, 1.165) is 36.6 Å². The van der Waals surface area contributed by atoms with Crippen LogP contribution in [0, 0.1) is 5.92 Å². The predicted molar refractivity (Wildman–Crippen MR) is 98.8 cm³/mol. The summed E-state index contributed by atoms with van der Waals surface area (Å²) >= 11 is 1.74. The zero-order valence-corrected chi connectivity index (χ0v) is 15.4. The van der Waals surface area contributed by atoms with Gasteiger partial charge in [-0.05, 0) is 51.7 Å². The number of thiazole rings is 1. The third-order valence-corrected chi connectivity index (χ3v) is 5.10. The Labute approximate surface area is 147 Å². The van der Waals surface area contributed by atoms with E-state index in [1.807, 2.05) is 32.9 Å². The lowest BCUT2D eigenvalue weighted by atomic mass is 9.98. The van der Waals surface area contributed by atoms with Crippen molar-refractivity contribution in [1.29, 1.82) is 0 Å². The number of alkyl carbamates (subject to hydrolysis) is 1. The van der Waals surface area contributed by atoms with Gasteiger partial charge in [0.15, 0.2) is 5.13 Å². The van der Waals surface area contributed by atoms with Crippen LogP contribution >= 0.6 is 11.3 Å². The number of ether oxygens (including phenoxy) is 1. The number of nitrogens with zero attached hydrogens (tertiary/aromatic N) is 2. The highest BCUT2D eigenvalue weighted by molar-refractivity contribution is 7.22. The van der Waals surface area contributed by atoms with E-state index in [0.29, 0.717) is 12.5 Å². The van der Waals surface area contributed by atoms with Crippen molar-refractivity contribution >= 4 is 32.8 Å². The molecule has 0 spiro atoms. The van der Waals surface area contributed by atoms with Gasteiger partial charge in [0, 0.05) is 19.6 Å². The van der Waals surface area contributed by atoms with Gasteiger partial charge in [-0.15, -0.1) is 0 Å². The third-order valence-electron chi connectivity index (χ3n) is 4.01. The van der Waals surface area contributed by atoms with Gasteiger partial charge in [0.05, 0.1) is 10.2 Å². The van der Waals surface area contributed by atoms with Gasteiger partial charge in [0.2, 0.25) is 0 Å². The first-order valence-corrected chi connectivity index (χ1v) is 9.30. The molecule has 1 aromatic carbocycles. The maximum atomic E-state index is 11.8. The second-order valence-electron chi connectivity index (χ2n) is 7.30. The predicted octanol–water partition coefficient (Wildman–Crippen LogP) is 4.04. The van der Waals surface area contributed by atoms with E-state index in [4.69, 9.17) is 9.72 Å². The molecule has 3 rings (SSSR count). The summed E-state index contributed by atoms with van der Waals surface area (Å²) in [6.45, 7) is 8.24. The van der Waals surface area contributed by atoms with Gasteiger partial charge in [-0.25, -0.2) is 9.78 Å². The van der Waals surface area contributed by atoms with Gasteiger partial charge in [0.25, 0.3) is 0 Å². The minimum atomic E-state index is -0.455. The molecule has 1 atom stereocenters. The van der Waals surface area contributed by atoms with Crippen LogP contribution in [0.1, 0.15) is 33.6 Å². The van der Waals surface area contributed by atoms with Crippen LogP contribution in [0.3, 0.4) is 0 Å². The molecule has 130 valence electrons. The number of hydrogen-bond donors (Lipinski definition) is 1. The van der Waals surface area contributed by atoms with Crippen LogP contribution in [0.2, 0.25) is 0 Å². The Morgan fingerprint density at radius 1 is 1.42 bits per heavy atom. The second-order valence-corrected chi connectivity index (χ2v) is 8.31. The number of benzene rings is 1. The quantitative estimate of drug-likeness (QED) is 0.910. The lowest BCUT2D eigenvalue weighted by Crippen LogP contribution is -2.42. The molecular weight excluding hydrogens is 322 g/mol. The Morgan fingerprint density at radius 2 is 2.21 bits per heavy atom. The third kappa shape index (κ3) is 4.38. The molecule has 0 unspecified atom stereocenters. The van der Waals surface area contributed by atoms with Crippen LogP contribution in [0.15, 0.2) is 24.3 Å². The molecule has 6 heteroatoms. The first kappa shape index (κ1) is 17.0. The fraction of sp³-hybridized carbons (Fsp3) is 0.556. The van der Waals surface area contributed by atoms with Crippen LogP contribution in [0.25, 0.3) is 10.2 Å². The molecule has 2 aromatic rings. The van der Waals surface area contributed by atoms with Crippen LogP contribution in [-0.2, 0) is 4.74 Å². The van der Waals surface area contributed by atoms with E-state index >= 15 is 0 Å². The molecule has 2 heterocycles. The van der Waals surface area contributed by atoms with Gasteiger partial charge in [0.1, 0.15) is 5.60 Å². The number of rotatable bonds is 3. The van der Waals surface area contributed by atoms with Crippen LogP contribution in [0.4, 0.5) is 9.93 Å². The number of anilines is 1. The van der Waals surface area contributed by atoms with E-state index in [2.05, 4.69) is 22.3 Å². The van der Waals surface area contributed by atoms with Crippen molar-refractivity contribution in [3.05, 3.63) is 24.3 Å². The first-order chi connectivity index (χ1) is 11.4. The number of piperidine rings is 1. The molecule has 1 saturated heterocycles. The van der Waals surface area contributed by atoms with E-state index in [1.54, 1.807) is 11.3 Å². The molecule has 1 amide bonds. The summed E-state index contributed by atoms with van der Waals surface area (Å²) in [6.07, 6.45) is 1.91. The Kier molecular flexibility index (Phi) is 4.94. The molecule has 1 aromatic heterocycles. The monoisotopic (exact) mass is 347 g/mol. The summed E-state index contributed by atoms with van der Waals surface area (Å²) in [5.41, 5.74) is 0.607. The minimum Gasteiger partial charge on any atom is -0.444 e. The zero-order valence-electron chi connectivity index (χ0n) is 14.5. The second kappa shape index (κ2) is 6.97. The number of nitrogens with one attached hydrogen (secondary N) is 1. The maximum absolute atomic E-state index is 11.8. The minimum absolute atomic E-state index is 0.334. The molecule has 1 fully saturated rings. The number of aromatic nitrogens is 1. The summed E-state index contributed by atoms with van der Waals surface area (Å²) in [4.78, 5) is 18.9. The van der Waals surface area contributed by atoms with E-state index in [9.17, 15) is 4.79 Å². The summed E-state index contributed by atoms with van der Waals surface area (Å²) in [6, 6.07) is 8.24. The average molecular weight is 347 g/mol. The molecular formula is C18H25N3O2S. The Balaban J connectivity index is 1.57. The van der Waals surface area contributed by atoms with Crippen molar-refractivity contribution in [3.63, 3.8) is 0 Å². The van der Waals surface area contributed by atoms with E-state index < -0.39 is 5.60 Å². The van der Waals surface area contributed by atoms with Crippen molar-refractivity contribution < 1.29 is 9.53 Å². The topological polar surface area (TPSA) is 54.5 Å². The number of hydrogen-bond acceptors (Lipinski definition) is 5. The number of fused-ring (bicyclic) bond motifs is 1. The Morgan fingerprint density at radius 3 is 2.96 bits per heavy atom. The van der Waals surface area contributed by atoms with Gasteiger partial charge >= 0.3 is 6.09 Å². The molecule has 0 bridgehead atoms. The van der Waals surface area contributed by atoms with Crippen LogP contribution in [-0.4, -0.2) is 36.3 Å². The highest BCUT2D eigenvalue weighted by Gasteiger charge is 2.24. The van der Waals surface area contributed by atoms with Crippen molar-refractivity contribution in [1.82, 2.24) is 10.3 Å². The molecule has 1 N–H and O–H groups in total. The van der Waals surface area contributed by atoms with Crippen molar-refractivity contribution in [2.45, 2.75) is 39.2 Å². The fourth-order valence-electron chi connectivity index (χ4n) is 2.94. The zero-order chi connectivity index (χ0) is 17.2. The normalized spacial score (nSPS) is 18.6. The van der Waals surface area contributed by atoms with Gasteiger partial charge in [-0.3, -0.25) is 0 Å². The largest absolute Gasteiger partial charge is 0.444 e. The molecule has 5 nitrogen and oxygen atoms in total. The summed E-state index contributed by atoms with van der Waals surface area (Å²) < 4.78 is 6.53. The number of carbonyl (C=O) groups excluding carboxylic acids is 1. The summed E-state index contributed by atoms with van der Waals surface area (Å²) in [5, 5.41) is 3.98. The molecule has 0 aliphatic carbocycles. The number of para-hydroxylation sites is 1. The van der Waals surface area contributed by atoms with Crippen molar-refractivity contribution in [3.8, 4) is 0 Å². The lowest BCUT2D eigenvalue weighted by molar-refractivity contribution is 0.0517. The first-order valence-electron chi connectivity index (χ1n) is 8.48. The van der Waals surface area contributed by atoms with E-state index in [-0.39, 0.29) is 6.09 Å². The van der Waals surface area contributed by atoms with Crippen LogP contribution in [0.5, 0.6) is 0 Å². The SMILES string of the molecule is CC(C)(C)OC(=O)NC[C@@H]1CCCN(c2nc3ccccc3s2)C1. The van der Waals surface area contributed by atoms with Crippen molar-refractivity contribution in [2.24, 2.45) is 5.92 Å². The fourth-order valence-corrected chi connectivity index (χ4v) is 3.94. The van der Waals surface area contributed by atoms with Crippen LogP contribution < -0.4 is 10.2 Å². The smallest absolute Gasteiger partial charge is 0.407 e. The van der Waals surface area contributed by atoms with Gasteiger partial charge in [-0.1, -0.05) is 23.5 Å². The molecule has 24 heavy (non-hydrogen) atoms. The van der Waals surface area contributed by atoms with Gasteiger partial charge < -0.3 is 15.0 Å². The molecule has 0 saturated carbocycles. The number of amides is 1. The highest BCUT2D eigenvalue weighted by Crippen LogP contribution is 2.31. The summed E-state index contributed by atoms with van der Waals surface area (Å²) in [5.74, 6) is 0.429. The maximum Gasteiger partial charge on any atom is 0.407 e. The molecule has 1 aliphatic rings. The Hall–Kier alpha value is -1.82. The van der Waals surface area contributed by atoms with Gasteiger partial charge in [-0.2, -0.15) is 0 Å². The molecule has 0 radical (unpaired) electrons. The Bertz CT molecular complexity index is 675. The van der Waals surface area contributed by atoms with E-state index in [1.165, 1.54) is 4.70 Å². The van der Waals surface area contributed by atoms with Crippen molar-refractivity contribution in [2.75, 3.05) is 24.5 Å². The lowest BCUT2D eigenvalue weighted by Gasteiger charge is -2.32. The average Bonchev–Trinajstić information content (AvgIpc) is 2.96. The molecule has 1 aliphatic heterocycles. The standard InChI is InChI=1S/C18H25N3O2S/c1-18(2,3)23-17(22)19-11-13-7-6-10-21(12-13)16-20-14-8-4-5-9-15(14)24-16/h4-5,8-9,13H,6-7,10-12H2,1-3H3,(H,19,22)/t13-/m0/s1. The summed E-state index contributed by atoms with van der Waals surface area (Å²) in [7, 11) is 0.